The molecule has 0 radical (unpaired) electrons. The van der Waals surface area contributed by atoms with E-state index >= 15 is 0 Å². The second-order valence-corrected chi connectivity index (χ2v) is 5.17. The molecular weight excluding hydrogens is 282 g/mol. The minimum Gasteiger partial charge on any atom is -0.340 e. The summed E-state index contributed by atoms with van der Waals surface area (Å²) in [6, 6.07) is 1.80. The summed E-state index contributed by atoms with van der Waals surface area (Å²) in [6.45, 7) is 0.858. The van der Waals surface area contributed by atoms with Crippen molar-refractivity contribution in [1.29, 1.82) is 0 Å². The molecule has 4 nitrogen and oxygen atoms in total. The molecule has 5 heteroatoms. The van der Waals surface area contributed by atoms with Gasteiger partial charge in [0.25, 0.3) is 5.56 Å². The molecule has 0 bridgehead atoms. The summed E-state index contributed by atoms with van der Waals surface area (Å²) in [4.78, 5) is 16.4. The zero-order valence-electron chi connectivity index (χ0n) is 9.87. The SMILES string of the molecule is Cn1cc(Br)cc(NC2=NCCCCC2)c1=O. The fourth-order valence-corrected chi connectivity index (χ4v) is 2.43. The van der Waals surface area contributed by atoms with Crippen molar-refractivity contribution in [3.8, 4) is 0 Å². The number of nitrogens with zero attached hydrogens (tertiary/aromatic N) is 2. The molecule has 1 aromatic heterocycles. The van der Waals surface area contributed by atoms with Crippen molar-refractivity contribution < 1.29 is 0 Å². The maximum absolute atomic E-state index is 11.9. The van der Waals surface area contributed by atoms with E-state index in [1.54, 1.807) is 23.9 Å². The molecule has 17 heavy (non-hydrogen) atoms. The Kier molecular flexibility index (Phi) is 3.99. The molecule has 1 aliphatic rings. The highest BCUT2D eigenvalue weighted by Crippen LogP contribution is 2.14. The predicted octanol–water partition coefficient (Wildman–Crippen LogP) is 2.53. The van der Waals surface area contributed by atoms with Crippen molar-refractivity contribution in [2.75, 3.05) is 11.9 Å². The molecule has 0 spiro atoms. The fraction of sp³-hybridized carbons (Fsp3) is 0.500. The van der Waals surface area contributed by atoms with Crippen molar-refractivity contribution >= 4 is 27.5 Å². The van der Waals surface area contributed by atoms with Gasteiger partial charge in [-0.15, -0.1) is 0 Å². The van der Waals surface area contributed by atoms with E-state index in [1.807, 2.05) is 0 Å². The van der Waals surface area contributed by atoms with Gasteiger partial charge in [0.1, 0.15) is 11.5 Å². The zero-order chi connectivity index (χ0) is 12.3. The van der Waals surface area contributed by atoms with Crippen LogP contribution in [0.15, 0.2) is 26.5 Å². The van der Waals surface area contributed by atoms with Crippen molar-refractivity contribution in [1.82, 2.24) is 4.57 Å². The molecule has 0 atom stereocenters. The number of rotatable bonds is 1. The Morgan fingerprint density at radius 3 is 3.06 bits per heavy atom. The first-order valence-corrected chi connectivity index (χ1v) is 6.62. The maximum atomic E-state index is 11.9. The van der Waals surface area contributed by atoms with Crippen LogP contribution >= 0.6 is 15.9 Å². The summed E-state index contributed by atoms with van der Waals surface area (Å²) in [6.07, 6.45) is 6.17. The van der Waals surface area contributed by atoms with Crippen LogP contribution in [0.3, 0.4) is 0 Å². The van der Waals surface area contributed by atoms with Crippen molar-refractivity contribution in [2.24, 2.45) is 12.0 Å². The van der Waals surface area contributed by atoms with Crippen molar-refractivity contribution in [2.45, 2.75) is 25.7 Å². The van der Waals surface area contributed by atoms with Gasteiger partial charge in [-0.05, 0) is 34.8 Å². The molecule has 2 heterocycles. The molecule has 0 fully saturated rings. The molecule has 0 aromatic carbocycles. The van der Waals surface area contributed by atoms with Gasteiger partial charge in [-0.1, -0.05) is 6.42 Å². The lowest BCUT2D eigenvalue weighted by atomic mass is 10.2. The van der Waals surface area contributed by atoms with Crippen LogP contribution < -0.4 is 10.9 Å². The summed E-state index contributed by atoms with van der Waals surface area (Å²) in [5.74, 6) is 0.928. The minimum absolute atomic E-state index is 0.0276. The number of hydrogen-bond donors (Lipinski definition) is 1. The summed E-state index contributed by atoms with van der Waals surface area (Å²) < 4.78 is 2.44. The molecule has 0 saturated carbocycles. The summed E-state index contributed by atoms with van der Waals surface area (Å²) in [5.41, 5.74) is 0.558. The van der Waals surface area contributed by atoms with E-state index in [9.17, 15) is 4.79 Å². The van der Waals surface area contributed by atoms with Crippen LogP contribution in [-0.2, 0) is 7.05 Å². The Morgan fingerprint density at radius 2 is 2.24 bits per heavy atom. The molecule has 1 N–H and O–H groups in total. The van der Waals surface area contributed by atoms with Gasteiger partial charge in [0.15, 0.2) is 0 Å². The average Bonchev–Trinajstić information content (AvgIpc) is 2.54. The van der Waals surface area contributed by atoms with Gasteiger partial charge >= 0.3 is 0 Å². The molecule has 0 aliphatic carbocycles. The Labute approximate surface area is 109 Å². The van der Waals surface area contributed by atoms with Gasteiger partial charge in [0.2, 0.25) is 0 Å². The normalized spacial score (nSPS) is 16.2. The number of halogens is 1. The monoisotopic (exact) mass is 297 g/mol. The van der Waals surface area contributed by atoms with E-state index in [-0.39, 0.29) is 5.56 Å². The molecule has 0 unspecified atom stereocenters. The molecule has 0 amide bonds. The maximum Gasteiger partial charge on any atom is 0.274 e. The molecule has 1 aliphatic heterocycles. The van der Waals surface area contributed by atoms with Crippen LogP contribution in [0.25, 0.3) is 0 Å². The van der Waals surface area contributed by atoms with Gasteiger partial charge in [-0.25, -0.2) is 0 Å². The summed E-state index contributed by atoms with van der Waals surface area (Å²) in [7, 11) is 1.74. The van der Waals surface area contributed by atoms with E-state index in [4.69, 9.17) is 0 Å². The van der Waals surface area contributed by atoms with Crippen LogP contribution in [0.2, 0.25) is 0 Å². The fourth-order valence-electron chi connectivity index (χ4n) is 1.89. The number of amidine groups is 1. The third-order valence-corrected chi connectivity index (χ3v) is 3.24. The molecule has 1 aromatic rings. The van der Waals surface area contributed by atoms with Crippen LogP contribution in [0.4, 0.5) is 5.69 Å². The third kappa shape index (κ3) is 3.19. The van der Waals surface area contributed by atoms with Crippen LogP contribution in [-0.4, -0.2) is 16.9 Å². The van der Waals surface area contributed by atoms with E-state index in [0.717, 1.165) is 36.1 Å². The Morgan fingerprint density at radius 1 is 1.41 bits per heavy atom. The van der Waals surface area contributed by atoms with Gasteiger partial charge in [-0.3, -0.25) is 9.79 Å². The first kappa shape index (κ1) is 12.4. The Bertz CT molecular complexity index is 493. The van der Waals surface area contributed by atoms with Gasteiger partial charge in [-0.2, -0.15) is 0 Å². The molecule has 0 saturated heterocycles. The number of aliphatic imine (C=N–C) groups is 1. The van der Waals surface area contributed by atoms with Gasteiger partial charge in [0, 0.05) is 30.7 Å². The molecule has 92 valence electrons. The van der Waals surface area contributed by atoms with Gasteiger partial charge in [0.05, 0.1) is 0 Å². The minimum atomic E-state index is -0.0276. The lowest BCUT2D eigenvalue weighted by molar-refractivity contribution is 0.731. The standard InChI is InChI=1S/C12H16BrN3O/c1-16-8-9(13)7-10(12(16)17)15-11-5-3-2-4-6-14-11/h7-8H,2-6H2,1H3,(H,14,15). The first-order valence-electron chi connectivity index (χ1n) is 5.83. The quantitative estimate of drug-likeness (QED) is 0.866. The smallest absolute Gasteiger partial charge is 0.274 e. The topological polar surface area (TPSA) is 46.4 Å². The molecule has 2 rings (SSSR count). The van der Waals surface area contributed by atoms with E-state index in [0.29, 0.717) is 5.69 Å². The molecular formula is C12H16BrN3O. The van der Waals surface area contributed by atoms with Crippen molar-refractivity contribution in [3.05, 3.63) is 27.1 Å². The summed E-state index contributed by atoms with van der Waals surface area (Å²) >= 11 is 3.39. The lowest BCUT2D eigenvalue weighted by Gasteiger charge is -2.09. The lowest BCUT2D eigenvalue weighted by Crippen LogP contribution is -2.23. The second kappa shape index (κ2) is 5.49. The van der Waals surface area contributed by atoms with Crippen molar-refractivity contribution in [3.63, 3.8) is 0 Å². The largest absolute Gasteiger partial charge is 0.340 e. The van der Waals surface area contributed by atoms with Crippen LogP contribution in [0.5, 0.6) is 0 Å². The predicted molar refractivity (Wildman–Crippen MR) is 73.8 cm³/mol. The highest BCUT2D eigenvalue weighted by molar-refractivity contribution is 9.10. The number of pyridine rings is 1. The third-order valence-electron chi connectivity index (χ3n) is 2.80. The summed E-state index contributed by atoms with van der Waals surface area (Å²) in [5, 5.41) is 3.16. The number of nitrogens with one attached hydrogen (secondary N) is 1. The Hall–Kier alpha value is -1.10. The zero-order valence-corrected chi connectivity index (χ0v) is 11.5. The average molecular weight is 298 g/mol. The highest BCUT2D eigenvalue weighted by Gasteiger charge is 2.08. The first-order chi connectivity index (χ1) is 8.16. The van der Waals surface area contributed by atoms with E-state index < -0.39 is 0 Å². The number of aryl methyl sites for hydroxylation is 1. The van der Waals surface area contributed by atoms with Crippen LogP contribution in [0.1, 0.15) is 25.7 Å². The number of anilines is 1. The Balaban J connectivity index is 2.23. The van der Waals surface area contributed by atoms with E-state index in [1.165, 1.54) is 6.42 Å². The highest BCUT2D eigenvalue weighted by atomic mass is 79.9. The number of hydrogen-bond acceptors (Lipinski definition) is 3. The number of aromatic nitrogens is 1. The van der Waals surface area contributed by atoms with E-state index in [2.05, 4.69) is 26.2 Å². The second-order valence-electron chi connectivity index (χ2n) is 4.25. The van der Waals surface area contributed by atoms with Crippen LogP contribution in [0, 0.1) is 0 Å². The van der Waals surface area contributed by atoms with Gasteiger partial charge < -0.3 is 9.88 Å².